The third-order valence-electron chi connectivity index (χ3n) is 3.63. The fourth-order valence-corrected chi connectivity index (χ4v) is 2.34. The van der Waals surface area contributed by atoms with Gasteiger partial charge in [-0.2, -0.15) is 5.10 Å². The second-order valence-corrected chi connectivity index (χ2v) is 6.25. The Morgan fingerprint density at radius 1 is 1.25 bits per heavy atom. The van der Waals surface area contributed by atoms with Gasteiger partial charge in [-0.1, -0.05) is 6.07 Å². The predicted molar refractivity (Wildman–Crippen MR) is 95.3 cm³/mol. The van der Waals surface area contributed by atoms with Gasteiger partial charge in [0, 0.05) is 18.4 Å². The molecule has 0 saturated carbocycles. The van der Waals surface area contributed by atoms with Crippen molar-refractivity contribution in [1.29, 1.82) is 0 Å². The molecule has 1 aromatic heterocycles. The zero-order chi connectivity index (χ0) is 17.7. The minimum absolute atomic E-state index is 0.327. The van der Waals surface area contributed by atoms with Crippen molar-refractivity contribution in [3.8, 4) is 0 Å². The summed E-state index contributed by atoms with van der Waals surface area (Å²) in [6.45, 7) is 4.95. The number of amides is 2. The molecule has 0 aliphatic carbocycles. The third kappa shape index (κ3) is 5.36. The Labute approximate surface area is 142 Å². The van der Waals surface area contributed by atoms with Gasteiger partial charge in [0.2, 0.25) is 0 Å². The van der Waals surface area contributed by atoms with E-state index in [2.05, 4.69) is 15.7 Å². The monoisotopic (exact) mass is 331 g/mol. The Bertz CT molecular complexity index is 696. The van der Waals surface area contributed by atoms with Crippen LogP contribution in [0.1, 0.15) is 11.1 Å². The number of carbonyl (C=O) groups is 1. The first kappa shape index (κ1) is 18.0. The first-order chi connectivity index (χ1) is 11.3. The minimum Gasteiger partial charge on any atom is -0.390 e. The molecule has 0 aliphatic heterocycles. The van der Waals surface area contributed by atoms with E-state index in [-0.39, 0.29) is 6.03 Å². The van der Waals surface area contributed by atoms with Crippen LogP contribution in [0.4, 0.5) is 16.2 Å². The third-order valence-corrected chi connectivity index (χ3v) is 3.63. The molecule has 0 fully saturated rings. The molecule has 0 spiro atoms. The van der Waals surface area contributed by atoms with Crippen LogP contribution in [0.5, 0.6) is 0 Å². The maximum Gasteiger partial charge on any atom is 0.323 e. The molecular formula is C17H25N5O2. The number of urea groups is 1. The van der Waals surface area contributed by atoms with Crippen molar-refractivity contribution in [3.63, 3.8) is 0 Å². The van der Waals surface area contributed by atoms with Crippen molar-refractivity contribution in [3.05, 3.63) is 41.7 Å². The molecule has 3 N–H and O–H groups in total. The van der Waals surface area contributed by atoms with Crippen molar-refractivity contribution in [2.75, 3.05) is 31.3 Å². The number of anilines is 2. The second-order valence-electron chi connectivity index (χ2n) is 6.25. The SMILES string of the molecule is Cc1ccc(NC(=O)Nc2cnn(CC(O)CN(C)C)c2)cc1C. The number of nitrogens with one attached hydrogen (secondary N) is 2. The summed E-state index contributed by atoms with van der Waals surface area (Å²) >= 11 is 0. The van der Waals surface area contributed by atoms with E-state index in [9.17, 15) is 9.90 Å². The molecule has 2 amide bonds. The zero-order valence-corrected chi connectivity index (χ0v) is 14.6. The number of aryl methyl sites for hydroxylation is 2. The van der Waals surface area contributed by atoms with E-state index in [0.717, 1.165) is 11.3 Å². The average molecular weight is 331 g/mol. The lowest BCUT2D eigenvalue weighted by Gasteiger charge is -2.15. The zero-order valence-electron chi connectivity index (χ0n) is 14.6. The number of benzene rings is 1. The van der Waals surface area contributed by atoms with Crippen LogP contribution in [0, 0.1) is 13.8 Å². The van der Waals surface area contributed by atoms with Gasteiger partial charge < -0.3 is 20.6 Å². The van der Waals surface area contributed by atoms with Crippen LogP contribution in [-0.4, -0.2) is 52.6 Å². The molecule has 1 unspecified atom stereocenters. The highest BCUT2D eigenvalue weighted by Gasteiger charge is 2.09. The standard InChI is InChI=1S/C17H25N5O2/c1-12-5-6-14(7-13(12)2)19-17(24)20-15-8-18-22(9-15)11-16(23)10-21(3)4/h5-9,16,23H,10-11H2,1-4H3,(H2,19,20,24). The van der Waals surface area contributed by atoms with Crippen LogP contribution in [-0.2, 0) is 6.54 Å². The van der Waals surface area contributed by atoms with Crippen LogP contribution in [0.2, 0.25) is 0 Å². The van der Waals surface area contributed by atoms with Crippen LogP contribution < -0.4 is 10.6 Å². The Hall–Kier alpha value is -2.38. The molecule has 0 bridgehead atoms. The summed E-state index contributed by atoms with van der Waals surface area (Å²) in [7, 11) is 3.80. The largest absolute Gasteiger partial charge is 0.390 e. The molecule has 2 aromatic rings. The average Bonchev–Trinajstić information content (AvgIpc) is 2.88. The molecule has 0 radical (unpaired) electrons. The van der Waals surface area contributed by atoms with E-state index in [1.807, 2.05) is 51.0 Å². The van der Waals surface area contributed by atoms with Gasteiger partial charge in [0.25, 0.3) is 0 Å². The number of hydrogen-bond donors (Lipinski definition) is 3. The van der Waals surface area contributed by atoms with Crippen molar-refractivity contribution >= 4 is 17.4 Å². The molecule has 130 valence electrons. The number of aromatic nitrogens is 2. The molecule has 1 aromatic carbocycles. The predicted octanol–water partition coefficient (Wildman–Crippen LogP) is 2.07. The lowest BCUT2D eigenvalue weighted by atomic mass is 10.1. The summed E-state index contributed by atoms with van der Waals surface area (Å²) in [4.78, 5) is 13.9. The Balaban J connectivity index is 1.89. The van der Waals surface area contributed by atoms with Crippen molar-refractivity contribution < 1.29 is 9.90 Å². The summed E-state index contributed by atoms with van der Waals surface area (Å²) < 4.78 is 1.61. The summed E-state index contributed by atoms with van der Waals surface area (Å²) in [5.74, 6) is 0. The van der Waals surface area contributed by atoms with Gasteiger partial charge in [0.1, 0.15) is 0 Å². The van der Waals surface area contributed by atoms with E-state index in [1.54, 1.807) is 17.1 Å². The number of rotatable bonds is 6. The molecule has 1 heterocycles. The molecule has 0 aliphatic rings. The highest BCUT2D eigenvalue weighted by molar-refractivity contribution is 5.99. The van der Waals surface area contributed by atoms with Gasteiger partial charge in [0.05, 0.1) is 24.5 Å². The number of carbonyl (C=O) groups excluding carboxylic acids is 1. The molecule has 24 heavy (non-hydrogen) atoms. The van der Waals surface area contributed by atoms with Gasteiger partial charge in [-0.05, 0) is 51.2 Å². The number of aliphatic hydroxyl groups excluding tert-OH is 1. The highest BCUT2D eigenvalue weighted by Crippen LogP contribution is 2.14. The molecule has 0 saturated heterocycles. The van der Waals surface area contributed by atoms with E-state index in [4.69, 9.17) is 0 Å². The van der Waals surface area contributed by atoms with Gasteiger partial charge in [-0.25, -0.2) is 4.79 Å². The van der Waals surface area contributed by atoms with E-state index >= 15 is 0 Å². The van der Waals surface area contributed by atoms with Gasteiger partial charge >= 0.3 is 6.03 Å². The van der Waals surface area contributed by atoms with Crippen molar-refractivity contribution in [1.82, 2.24) is 14.7 Å². The number of likely N-dealkylation sites (N-methyl/N-ethyl adjacent to an activating group) is 1. The Kier molecular flexibility index (Phi) is 5.94. The van der Waals surface area contributed by atoms with E-state index < -0.39 is 6.10 Å². The first-order valence-electron chi connectivity index (χ1n) is 7.84. The van der Waals surface area contributed by atoms with E-state index in [1.165, 1.54) is 5.56 Å². The summed E-state index contributed by atoms with van der Waals surface area (Å²) in [5, 5.41) is 19.6. The number of aliphatic hydroxyl groups is 1. The topological polar surface area (TPSA) is 82.4 Å². The molecule has 2 rings (SSSR count). The van der Waals surface area contributed by atoms with Gasteiger partial charge in [-0.3, -0.25) is 4.68 Å². The Morgan fingerprint density at radius 3 is 2.62 bits per heavy atom. The van der Waals surface area contributed by atoms with Gasteiger partial charge in [0.15, 0.2) is 0 Å². The smallest absolute Gasteiger partial charge is 0.323 e. The summed E-state index contributed by atoms with van der Waals surface area (Å²) in [6.07, 6.45) is 2.73. The highest BCUT2D eigenvalue weighted by atomic mass is 16.3. The second kappa shape index (κ2) is 7.94. The molecule has 1 atom stereocenters. The molecular weight excluding hydrogens is 306 g/mol. The van der Waals surface area contributed by atoms with Crippen LogP contribution in [0.3, 0.4) is 0 Å². The van der Waals surface area contributed by atoms with Crippen LogP contribution in [0.25, 0.3) is 0 Å². The summed E-state index contributed by atoms with van der Waals surface area (Å²) in [5.41, 5.74) is 3.62. The quantitative estimate of drug-likeness (QED) is 0.757. The fraction of sp³-hybridized carbons (Fsp3) is 0.412. The van der Waals surface area contributed by atoms with E-state index in [0.29, 0.717) is 18.8 Å². The lowest BCUT2D eigenvalue weighted by molar-refractivity contribution is 0.116. The normalized spacial score (nSPS) is 12.2. The lowest BCUT2D eigenvalue weighted by Crippen LogP contribution is -2.29. The van der Waals surface area contributed by atoms with Gasteiger partial charge in [-0.15, -0.1) is 0 Å². The maximum atomic E-state index is 12.0. The molecule has 7 heteroatoms. The maximum absolute atomic E-state index is 12.0. The van der Waals surface area contributed by atoms with Crippen LogP contribution >= 0.6 is 0 Å². The molecule has 7 nitrogen and oxygen atoms in total. The minimum atomic E-state index is -0.517. The number of nitrogens with zero attached hydrogens (tertiary/aromatic N) is 3. The van der Waals surface area contributed by atoms with Crippen molar-refractivity contribution in [2.45, 2.75) is 26.5 Å². The Morgan fingerprint density at radius 2 is 1.96 bits per heavy atom. The number of hydrogen-bond acceptors (Lipinski definition) is 4. The fourth-order valence-electron chi connectivity index (χ4n) is 2.34. The van der Waals surface area contributed by atoms with Crippen molar-refractivity contribution in [2.24, 2.45) is 0 Å². The first-order valence-corrected chi connectivity index (χ1v) is 7.84. The van der Waals surface area contributed by atoms with Crippen LogP contribution in [0.15, 0.2) is 30.6 Å². The summed E-state index contributed by atoms with van der Waals surface area (Å²) in [6, 6.07) is 5.43.